The van der Waals surface area contributed by atoms with E-state index >= 15 is 0 Å². The molecule has 0 aliphatic carbocycles. The molecule has 21 heavy (non-hydrogen) atoms. The monoisotopic (exact) mass is 319 g/mol. The van der Waals surface area contributed by atoms with Crippen LogP contribution in [0, 0.1) is 10.1 Å². The topological polar surface area (TPSA) is 134 Å². The van der Waals surface area contributed by atoms with Gasteiger partial charge in [-0.3, -0.25) is 10.1 Å². The molecule has 0 bridgehead atoms. The van der Waals surface area contributed by atoms with Crippen LogP contribution in [0.15, 0.2) is 23.1 Å². The third-order valence-corrected chi connectivity index (χ3v) is 4.18. The van der Waals surface area contributed by atoms with Gasteiger partial charge < -0.3 is 15.2 Å². The Kier molecular flexibility index (Phi) is 6.03. The minimum absolute atomic E-state index is 0.0108. The molecule has 0 aromatic heterocycles. The number of ether oxygens (including phenoxy) is 2. The second kappa shape index (κ2) is 7.31. The van der Waals surface area contributed by atoms with Gasteiger partial charge >= 0.3 is 0 Å². The first kappa shape index (κ1) is 17.3. The molecular formula is C11H17N3O6S. The van der Waals surface area contributed by atoms with Crippen LogP contribution < -0.4 is 10.5 Å². The van der Waals surface area contributed by atoms with Crippen LogP contribution in [0.2, 0.25) is 0 Å². The van der Waals surface area contributed by atoms with Gasteiger partial charge in [-0.05, 0) is 6.07 Å². The maximum absolute atomic E-state index is 12.1. The van der Waals surface area contributed by atoms with Gasteiger partial charge in [-0.1, -0.05) is 0 Å². The van der Waals surface area contributed by atoms with Crippen molar-refractivity contribution in [1.82, 2.24) is 4.72 Å². The molecule has 1 unspecified atom stereocenters. The van der Waals surface area contributed by atoms with Crippen LogP contribution >= 0.6 is 0 Å². The van der Waals surface area contributed by atoms with Gasteiger partial charge in [0.05, 0.1) is 23.3 Å². The van der Waals surface area contributed by atoms with Gasteiger partial charge in [-0.15, -0.1) is 0 Å². The Morgan fingerprint density at radius 2 is 2.10 bits per heavy atom. The number of non-ortho nitro benzene ring substituents is 1. The second-order valence-electron chi connectivity index (χ2n) is 4.14. The van der Waals surface area contributed by atoms with Crippen molar-refractivity contribution >= 4 is 21.4 Å². The summed E-state index contributed by atoms with van der Waals surface area (Å²) in [4.78, 5) is 9.72. The zero-order valence-corrected chi connectivity index (χ0v) is 12.4. The molecule has 0 saturated heterocycles. The fourth-order valence-corrected chi connectivity index (χ4v) is 2.75. The molecule has 0 amide bonds. The zero-order chi connectivity index (χ0) is 16.0. The summed E-state index contributed by atoms with van der Waals surface area (Å²) >= 11 is 0. The fourth-order valence-electron chi connectivity index (χ4n) is 1.57. The van der Waals surface area contributed by atoms with E-state index in [1.165, 1.54) is 14.2 Å². The van der Waals surface area contributed by atoms with E-state index in [9.17, 15) is 18.5 Å². The van der Waals surface area contributed by atoms with Gasteiger partial charge in [0.2, 0.25) is 10.0 Å². The maximum atomic E-state index is 12.1. The van der Waals surface area contributed by atoms with Crippen LogP contribution in [0.5, 0.6) is 0 Å². The molecule has 3 N–H and O–H groups in total. The number of nitrogens with two attached hydrogens (primary N) is 1. The Morgan fingerprint density at radius 3 is 2.57 bits per heavy atom. The first-order valence-corrected chi connectivity index (χ1v) is 7.35. The molecular weight excluding hydrogens is 302 g/mol. The number of hydrogen-bond donors (Lipinski definition) is 2. The number of sulfonamides is 1. The van der Waals surface area contributed by atoms with E-state index in [1.807, 2.05) is 0 Å². The molecule has 1 rings (SSSR count). The molecule has 118 valence electrons. The molecule has 0 radical (unpaired) electrons. The second-order valence-corrected chi connectivity index (χ2v) is 5.88. The minimum atomic E-state index is -3.89. The molecule has 10 heteroatoms. The quantitative estimate of drug-likeness (QED) is 0.395. The van der Waals surface area contributed by atoms with Gasteiger partial charge in [0.15, 0.2) is 0 Å². The zero-order valence-electron chi connectivity index (χ0n) is 11.6. The Hall–Kier alpha value is -1.75. The van der Waals surface area contributed by atoms with Gasteiger partial charge in [0.1, 0.15) is 4.90 Å². The van der Waals surface area contributed by atoms with Crippen molar-refractivity contribution in [3.05, 3.63) is 28.3 Å². The number of benzene rings is 1. The lowest BCUT2D eigenvalue weighted by Gasteiger charge is -2.15. The summed E-state index contributed by atoms with van der Waals surface area (Å²) in [5.41, 5.74) is 5.09. The standard InChI is InChI=1S/C11H17N3O6S/c1-19-7-9(20-2)6-13-21(17,18)11-4-3-8(14(15)16)5-10(11)12/h3-5,9,13H,6-7,12H2,1-2H3. The molecule has 1 atom stereocenters. The minimum Gasteiger partial charge on any atom is -0.397 e. The summed E-state index contributed by atoms with van der Waals surface area (Å²) in [5, 5.41) is 10.6. The first-order valence-electron chi connectivity index (χ1n) is 5.87. The van der Waals surface area contributed by atoms with Gasteiger partial charge in [0, 0.05) is 32.9 Å². The fraction of sp³-hybridized carbons (Fsp3) is 0.455. The highest BCUT2D eigenvalue weighted by Gasteiger charge is 2.21. The van der Waals surface area contributed by atoms with Gasteiger partial charge in [-0.2, -0.15) is 0 Å². The number of nitro benzene ring substituents is 1. The van der Waals surface area contributed by atoms with E-state index in [0.29, 0.717) is 0 Å². The summed E-state index contributed by atoms with van der Waals surface area (Å²) in [6, 6.07) is 3.17. The summed E-state index contributed by atoms with van der Waals surface area (Å²) in [5.74, 6) is 0. The van der Waals surface area contributed by atoms with Crippen LogP contribution in [0.3, 0.4) is 0 Å². The Labute approximate surface area is 122 Å². The number of nitrogens with one attached hydrogen (secondary N) is 1. The molecule has 1 aromatic carbocycles. The lowest BCUT2D eigenvalue weighted by molar-refractivity contribution is -0.384. The molecule has 0 aliphatic rings. The highest BCUT2D eigenvalue weighted by atomic mass is 32.2. The van der Waals surface area contributed by atoms with E-state index in [1.54, 1.807) is 0 Å². The number of nitrogen functional groups attached to an aromatic ring is 1. The normalized spacial score (nSPS) is 13.0. The Bertz CT molecular complexity index is 604. The molecule has 0 aliphatic heterocycles. The predicted molar refractivity (Wildman–Crippen MR) is 75.4 cm³/mol. The van der Waals surface area contributed by atoms with Crippen LogP contribution in [0.4, 0.5) is 11.4 Å². The third kappa shape index (κ3) is 4.63. The lowest BCUT2D eigenvalue weighted by Crippen LogP contribution is -2.35. The van der Waals surface area contributed by atoms with Crippen molar-refractivity contribution in [2.75, 3.05) is 33.1 Å². The summed E-state index contributed by atoms with van der Waals surface area (Å²) in [7, 11) is -0.994. The summed E-state index contributed by atoms with van der Waals surface area (Å²) < 4.78 is 36.4. The first-order chi connectivity index (χ1) is 9.81. The Morgan fingerprint density at radius 1 is 1.43 bits per heavy atom. The summed E-state index contributed by atoms with van der Waals surface area (Å²) in [6.07, 6.45) is -0.455. The van der Waals surface area contributed by atoms with E-state index in [2.05, 4.69) is 4.72 Å². The van der Waals surface area contributed by atoms with E-state index in [0.717, 1.165) is 18.2 Å². The largest absolute Gasteiger partial charge is 0.397 e. The molecule has 0 saturated carbocycles. The molecule has 1 aromatic rings. The Balaban J connectivity index is 2.90. The number of nitro groups is 1. The number of nitrogens with zero attached hydrogens (tertiary/aromatic N) is 1. The molecule has 9 nitrogen and oxygen atoms in total. The predicted octanol–water partition coefficient (Wildman–Crippen LogP) is 0.117. The lowest BCUT2D eigenvalue weighted by atomic mass is 10.3. The highest BCUT2D eigenvalue weighted by Crippen LogP contribution is 2.23. The number of hydrogen-bond acceptors (Lipinski definition) is 7. The molecule has 0 fully saturated rings. The van der Waals surface area contributed by atoms with Crippen LogP contribution in [-0.4, -0.2) is 46.8 Å². The van der Waals surface area contributed by atoms with Crippen LogP contribution in [-0.2, 0) is 19.5 Å². The van der Waals surface area contributed by atoms with Crippen molar-refractivity contribution in [3.63, 3.8) is 0 Å². The van der Waals surface area contributed by atoms with Crippen LogP contribution in [0.25, 0.3) is 0 Å². The van der Waals surface area contributed by atoms with E-state index in [4.69, 9.17) is 15.2 Å². The van der Waals surface area contributed by atoms with Crippen molar-refractivity contribution < 1.29 is 22.8 Å². The average molecular weight is 319 g/mol. The van der Waals surface area contributed by atoms with Crippen molar-refractivity contribution in [3.8, 4) is 0 Å². The van der Waals surface area contributed by atoms with E-state index in [-0.39, 0.29) is 29.4 Å². The van der Waals surface area contributed by atoms with Crippen molar-refractivity contribution in [2.24, 2.45) is 0 Å². The molecule has 0 spiro atoms. The maximum Gasteiger partial charge on any atom is 0.271 e. The summed E-state index contributed by atoms with van der Waals surface area (Å²) in [6.45, 7) is 0.206. The van der Waals surface area contributed by atoms with Gasteiger partial charge in [0.25, 0.3) is 5.69 Å². The van der Waals surface area contributed by atoms with Crippen molar-refractivity contribution in [1.29, 1.82) is 0 Å². The SMILES string of the molecule is COCC(CNS(=O)(=O)c1ccc([N+](=O)[O-])cc1N)OC. The smallest absolute Gasteiger partial charge is 0.271 e. The van der Waals surface area contributed by atoms with E-state index < -0.39 is 21.1 Å². The number of rotatable bonds is 8. The highest BCUT2D eigenvalue weighted by molar-refractivity contribution is 7.89. The molecule has 0 heterocycles. The van der Waals surface area contributed by atoms with Gasteiger partial charge in [-0.25, -0.2) is 13.1 Å². The van der Waals surface area contributed by atoms with Crippen molar-refractivity contribution in [2.45, 2.75) is 11.0 Å². The number of anilines is 1. The van der Waals surface area contributed by atoms with Crippen LogP contribution in [0.1, 0.15) is 0 Å². The third-order valence-electron chi connectivity index (χ3n) is 2.68. The number of methoxy groups -OCH3 is 2. The average Bonchev–Trinajstić information content (AvgIpc) is 2.42.